The van der Waals surface area contributed by atoms with Crippen LogP contribution in [0.25, 0.3) is 23.2 Å². The monoisotopic (exact) mass is 788 g/mol. The molecule has 6 aromatic rings. The second-order valence-corrected chi connectivity index (χ2v) is 14.5. The number of H-pyrrole nitrogens is 1. The van der Waals surface area contributed by atoms with Crippen LogP contribution < -0.4 is 14.9 Å². The van der Waals surface area contributed by atoms with E-state index in [0.717, 1.165) is 23.1 Å². The molecule has 0 saturated heterocycles. The molecule has 0 unspecified atom stereocenters. The summed E-state index contributed by atoms with van der Waals surface area (Å²) in [6.45, 7) is 1.82. The molecule has 0 spiro atoms. The molecule has 1 aliphatic heterocycles. The number of benzene rings is 4. The third-order valence-corrected chi connectivity index (χ3v) is 10.6. The van der Waals surface area contributed by atoms with Crippen LogP contribution in [0.4, 0.5) is 5.69 Å². The van der Waals surface area contributed by atoms with Crippen LogP contribution in [-0.4, -0.2) is 37.2 Å². The second kappa shape index (κ2) is 14.9. The van der Waals surface area contributed by atoms with E-state index in [1.54, 1.807) is 67.6 Å². The van der Waals surface area contributed by atoms with Crippen LogP contribution in [0.3, 0.4) is 0 Å². The average molecular weight is 790 g/mol. The van der Waals surface area contributed by atoms with Crippen molar-refractivity contribution in [3.63, 3.8) is 0 Å². The number of rotatable bonds is 9. The standard InChI is InChI=1S/C36H23Cl3N6O5S2/c1-2-50-34(47)29-30(20-6-4-3-5-7-20)40-36-44(31(29)21-9-11-22(37)12-10-21)33(46)28(52-36)17-19-8-15-27(26(16-19)45(48)49)51-35-41-32(42-43-35)24-14-13-23(38)18-25(24)39/h3-18,31H,2H2,1H3,(H,41,42,43)/b28-17+/t31-/m1/s1. The van der Waals surface area contributed by atoms with Gasteiger partial charge in [-0.1, -0.05) is 94.7 Å². The van der Waals surface area contributed by atoms with Gasteiger partial charge in [-0.15, -0.1) is 5.10 Å². The van der Waals surface area contributed by atoms with Gasteiger partial charge in [-0.2, -0.15) is 0 Å². The molecule has 260 valence electrons. The number of aromatic amines is 1. The highest BCUT2D eigenvalue weighted by molar-refractivity contribution is 7.99. The Kier molecular flexibility index (Phi) is 10.1. The minimum absolute atomic E-state index is 0.114. The summed E-state index contributed by atoms with van der Waals surface area (Å²) in [6.07, 6.45) is 1.56. The molecule has 1 atom stereocenters. The summed E-state index contributed by atoms with van der Waals surface area (Å²) in [5, 5.41) is 20.8. The number of ether oxygens (including phenoxy) is 1. The number of hydrogen-bond donors (Lipinski definition) is 1. The van der Waals surface area contributed by atoms with Crippen LogP contribution in [0.2, 0.25) is 15.1 Å². The molecule has 52 heavy (non-hydrogen) atoms. The molecule has 11 nitrogen and oxygen atoms in total. The van der Waals surface area contributed by atoms with Crippen LogP contribution in [0.15, 0.2) is 116 Å². The predicted molar refractivity (Wildman–Crippen MR) is 202 cm³/mol. The average Bonchev–Trinajstić information content (AvgIpc) is 3.72. The van der Waals surface area contributed by atoms with Gasteiger partial charge >= 0.3 is 5.97 Å². The molecule has 1 aliphatic rings. The second-order valence-electron chi connectivity index (χ2n) is 11.2. The maximum atomic E-state index is 14.2. The number of nitro groups is 1. The van der Waals surface area contributed by atoms with Gasteiger partial charge in [-0.05, 0) is 72.3 Å². The van der Waals surface area contributed by atoms with Crippen molar-refractivity contribution in [3.05, 3.63) is 158 Å². The van der Waals surface area contributed by atoms with Crippen molar-refractivity contribution < 1.29 is 14.5 Å². The molecule has 16 heteroatoms. The summed E-state index contributed by atoms with van der Waals surface area (Å²) >= 11 is 20.6. The highest BCUT2D eigenvalue weighted by Crippen LogP contribution is 2.37. The lowest BCUT2D eigenvalue weighted by molar-refractivity contribution is -0.387. The van der Waals surface area contributed by atoms with E-state index < -0.39 is 22.5 Å². The molecule has 0 bridgehead atoms. The molecular weight excluding hydrogens is 767 g/mol. The summed E-state index contributed by atoms with van der Waals surface area (Å²) in [4.78, 5) is 49.5. The number of esters is 1. The van der Waals surface area contributed by atoms with Crippen molar-refractivity contribution in [2.45, 2.75) is 23.0 Å². The zero-order chi connectivity index (χ0) is 36.5. The summed E-state index contributed by atoms with van der Waals surface area (Å²) in [6, 6.07) is 24.7. The number of nitrogens with one attached hydrogen (secondary N) is 1. The van der Waals surface area contributed by atoms with Crippen molar-refractivity contribution in [1.82, 2.24) is 19.7 Å². The normalized spacial score (nSPS) is 14.2. The van der Waals surface area contributed by atoms with Crippen LogP contribution in [-0.2, 0) is 9.53 Å². The fourth-order valence-corrected chi connectivity index (χ4v) is 8.02. The lowest BCUT2D eigenvalue weighted by Crippen LogP contribution is -2.40. The number of carbonyl (C=O) groups is 1. The molecule has 0 radical (unpaired) electrons. The first-order chi connectivity index (χ1) is 25.1. The molecule has 1 N–H and O–H groups in total. The van der Waals surface area contributed by atoms with Gasteiger partial charge in [0.15, 0.2) is 10.6 Å². The van der Waals surface area contributed by atoms with E-state index in [-0.39, 0.29) is 32.5 Å². The van der Waals surface area contributed by atoms with Crippen molar-refractivity contribution in [3.8, 4) is 11.4 Å². The van der Waals surface area contributed by atoms with Crippen molar-refractivity contribution >= 4 is 81.3 Å². The molecule has 0 amide bonds. The van der Waals surface area contributed by atoms with Gasteiger partial charge in [0.1, 0.15) is 0 Å². The Morgan fingerprint density at radius 3 is 2.50 bits per heavy atom. The molecule has 0 fully saturated rings. The van der Waals surface area contributed by atoms with Crippen molar-refractivity contribution in [2.75, 3.05) is 6.61 Å². The first-order valence-corrected chi connectivity index (χ1v) is 18.3. The quantitative estimate of drug-likeness (QED) is 0.0890. The molecule has 2 aromatic heterocycles. The van der Waals surface area contributed by atoms with Gasteiger partial charge in [0.25, 0.3) is 11.2 Å². The Labute approximate surface area is 318 Å². The van der Waals surface area contributed by atoms with E-state index in [4.69, 9.17) is 44.5 Å². The van der Waals surface area contributed by atoms with Gasteiger partial charge in [-0.25, -0.2) is 14.8 Å². The summed E-state index contributed by atoms with van der Waals surface area (Å²) < 4.78 is 7.20. The molecule has 7 rings (SSSR count). The molecule has 4 aromatic carbocycles. The maximum Gasteiger partial charge on any atom is 0.338 e. The zero-order valence-electron chi connectivity index (χ0n) is 26.7. The number of carbonyl (C=O) groups excluding carboxylic acids is 1. The Balaban J connectivity index is 1.31. The molecule has 3 heterocycles. The van der Waals surface area contributed by atoms with Crippen LogP contribution in [0.1, 0.15) is 29.7 Å². The predicted octanol–water partition coefficient (Wildman–Crippen LogP) is 7.74. The number of hydrogen-bond acceptors (Lipinski definition) is 10. The molecule has 0 saturated carbocycles. The minimum atomic E-state index is -0.896. The number of aromatic nitrogens is 4. The topological polar surface area (TPSA) is 145 Å². The Morgan fingerprint density at radius 2 is 1.79 bits per heavy atom. The van der Waals surface area contributed by atoms with Crippen molar-refractivity contribution in [2.24, 2.45) is 4.99 Å². The zero-order valence-corrected chi connectivity index (χ0v) is 30.7. The van der Waals surface area contributed by atoms with Gasteiger partial charge < -0.3 is 4.74 Å². The van der Waals surface area contributed by atoms with E-state index in [0.29, 0.717) is 53.6 Å². The largest absolute Gasteiger partial charge is 0.463 e. The van der Waals surface area contributed by atoms with Gasteiger partial charge in [0.05, 0.1) is 43.3 Å². The third-order valence-electron chi connectivity index (χ3n) is 7.89. The van der Waals surface area contributed by atoms with Gasteiger partial charge in [0.2, 0.25) is 5.16 Å². The van der Waals surface area contributed by atoms with Crippen LogP contribution in [0, 0.1) is 10.1 Å². The highest BCUT2D eigenvalue weighted by Gasteiger charge is 2.35. The van der Waals surface area contributed by atoms with E-state index in [1.807, 2.05) is 30.3 Å². The van der Waals surface area contributed by atoms with Crippen LogP contribution in [0.5, 0.6) is 0 Å². The minimum Gasteiger partial charge on any atom is -0.463 e. The summed E-state index contributed by atoms with van der Waals surface area (Å²) in [7, 11) is 0. The number of thiazole rings is 1. The Bertz CT molecular complexity index is 2590. The van der Waals surface area contributed by atoms with E-state index in [9.17, 15) is 19.7 Å². The van der Waals surface area contributed by atoms with E-state index in [2.05, 4.69) is 15.2 Å². The first-order valence-electron chi connectivity index (χ1n) is 15.5. The van der Waals surface area contributed by atoms with Gasteiger partial charge in [0, 0.05) is 27.2 Å². The van der Waals surface area contributed by atoms with E-state index >= 15 is 0 Å². The lowest BCUT2D eigenvalue weighted by atomic mass is 9.93. The summed E-state index contributed by atoms with van der Waals surface area (Å²) in [5.41, 5.74) is 2.18. The van der Waals surface area contributed by atoms with Crippen LogP contribution >= 0.6 is 57.9 Å². The summed E-state index contributed by atoms with van der Waals surface area (Å²) in [5.74, 6) is -0.241. The molecule has 0 aliphatic carbocycles. The van der Waals surface area contributed by atoms with Crippen molar-refractivity contribution in [1.29, 1.82) is 0 Å². The fraction of sp³-hybridized carbons (Fsp3) is 0.0833. The fourth-order valence-electron chi connectivity index (χ4n) is 5.60. The number of fused-ring (bicyclic) bond motifs is 1. The smallest absolute Gasteiger partial charge is 0.338 e. The van der Waals surface area contributed by atoms with Gasteiger partial charge in [-0.3, -0.25) is 24.6 Å². The number of nitro benzene ring substituents is 1. The molecular formula is C36H23Cl3N6O5S2. The third kappa shape index (κ3) is 7.05. The Morgan fingerprint density at radius 1 is 1.04 bits per heavy atom. The Hall–Kier alpha value is -5.05. The SMILES string of the molecule is CCOC(=O)C1=C(c2ccccc2)N=c2s/c(=C/c3ccc(Sc4n[nH]c(-c5ccc(Cl)cc5Cl)n4)c([N+](=O)[O-])c3)c(=O)n2[C@@H]1c1ccc(Cl)cc1. The maximum absolute atomic E-state index is 14.2. The highest BCUT2D eigenvalue weighted by atomic mass is 35.5. The first kappa shape index (κ1) is 35.4. The number of halogens is 3. The lowest BCUT2D eigenvalue weighted by Gasteiger charge is -2.25. The number of nitrogens with zero attached hydrogens (tertiary/aromatic N) is 5. The van der Waals surface area contributed by atoms with E-state index in [1.165, 1.54) is 10.6 Å².